The van der Waals surface area contributed by atoms with Crippen molar-refractivity contribution in [2.75, 3.05) is 25.0 Å². The predicted molar refractivity (Wildman–Crippen MR) is 96.0 cm³/mol. The number of anilines is 1. The first-order valence-corrected chi connectivity index (χ1v) is 8.70. The summed E-state index contributed by atoms with van der Waals surface area (Å²) in [5.41, 5.74) is 0.753. The Bertz CT molecular complexity index is 598. The number of nitrogens with one attached hydrogen (secondary N) is 3. The first-order valence-electron chi connectivity index (χ1n) is 8.70. The molecule has 1 aromatic rings. The second-order valence-corrected chi connectivity index (χ2v) is 6.18. The zero-order chi connectivity index (χ0) is 18.2. The smallest absolute Gasteiger partial charge is 0.321 e. The predicted octanol–water partition coefficient (Wildman–Crippen LogP) is 1.57. The van der Waals surface area contributed by atoms with Crippen LogP contribution in [0, 0.1) is 5.92 Å². The summed E-state index contributed by atoms with van der Waals surface area (Å²) >= 11 is 0. The van der Waals surface area contributed by atoms with Gasteiger partial charge < -0.3 is 20.9 Å². The third-order valence-corrected chi connectivity index (χ3v) is 4.28. The van der Waals surface area contributed by atoms with Crippen molar-refractivity contribution < 1.29 is 14.4 Å². The van der Waals surface area contributed by atoms with E-state index in [9.17, 15) is 14.4 Å². The van der Waals surface area contributed by atoms with Gasteiger partial charge in [-0.05, 0) is 38.8 Å². The van der Waals surface area contributed by atoms with Crippen molar-refractivity contribution in [2.24, 2.45) is 5.92 Å². The lowest BCUT2D eigenvalue weighted by Gasteiger charge is -2.31. The van der Waals surface area contributed by atoms with Gasteiger partial charge in [-0.25, -0.2) is 4.79 Å². The van der Waals surface area contributed by atoms with Gasteiger partial charge >= 0.3 is 6.03 Å². The van der Waals surface area contributed by atoms with Crippen molar-refractivity contribution in [3.8, 4) is 0 Å². The van der Waals surface area contributed by atoms with E-state index in [0.717, 1.165) is 5.69 Å². The molecule has 3 N–H and O–H groups in total. The van der Waals surface area contributed by atoms with Crippen molar-refractivity contribution in [3.63, 3.8) is 0 Å². The van der Waals surface area contributed by atoms with Crippen LogP contribution in [0.25, 0.3) is 0 Å². The average molecular weight is 346 g/mol. The van der Waals surface area contributed by atoms with Gasteiger partial charge in [0.25, 0.3) is 0 Å². The minimum absolute atomic E-state index is 0.123. The summed E-state index contributed by atoms with van der Waals surface area (Å²) in [6.07, 6.45) is 1.19. The third-order valence-electron chi connectivity index (χ3n) is 4.28. The lowest BCUT2D eigenvalue weighted by atomic mass is 9.96. The van der Waals surface area contributed by atoms with E-state index in [4.69, 9.17) is 0 Å². The Labute approximate surface area is 148 Å². The number of nitrogens with zero attached hydrogens (tertiary/aromatic N) is 1. The minimum Gasteiger partial charge on any atom is -0.355 e. The second kappa shape index (κ2) is 9.05. The summed E-state index contributed by atoms with van der Waals surface area (Å²) in [5.74, 6) is -0.477. The number of benzene rings is 1. The summed E-state index contributed by atoms with van der Waals surface area (Å²) in [5, 5.41) is 8.28. The van der Waals surface area contributed by atoms with Gasteiger partial charge in [0.1, 0.15) is 6.04 Å². The fourth-order valence-electron chi connectivity index (χ4n) is 2.79. The SMILES string of the molecule is CCNC(=O)C(C)NC(=O)C1CCN(C(=O)Nc2ccccc2)CC1. The number of carbonyl (C=O) groups is 3. The van der Waals surface area contributed by atoms with Crippen molar-refractivity contribution in [2.45, 2.75) is 32.7 Å². The van der Waals surface area contributed by atoms with Crippen LogP contribution in [0.4, 0.5) is 10.5 Å². The fraction of sp³-hybridized carbons (Fsp3) is 0.500. The zero-order valence-corrected chi connectivity index (χ0v) is 14.7. The number of likely N-dealkylation sites (N-methyl/N-ethyl adjacent to an activating group) is 1. The standard InChI is InChI=1S/C18H26N4O3/c1-3-19-16(23)13(2)20-17(24)14-9-11-22(12-10-14)18(25)21-15-7-5-4-6-8-15/h4-8,13-14H,3,9-12H2,1-2H3,(H,19,23)(H,20,24)(H,21,25). The van der Waals surface area contributed by atoms with E-state index in [1.165, 1.54) is 0 Å². The molecule has 0 bridgehead atoms. The van der Waals surface area contributed by atoms with Crippen LogP contribution < -0.4 is 16.0 Å². The molecule has 1 saturated heterocycles. The van der Waals surface area contributed by atoms with Crippen LogP contribution in [0.15, 0.2) is 30.3 Å². The first kappa shape index (κ1) is 18.8. The Kier molecular flexibility index (Phi) is 6.80. The molecular weight excluding hydrogens is 320 g/mol. The molecule has 0 spiro atoms. The minimum atomic E-state index is -0.549. The summed E-state index contributed by atoms with van der Waals surface area (Å²) < 4.78 is 0. The lowest BCUT2D eigenvalue weighted by molar-refractivity contribution is -0.131. The molecule has 136 valence electrons. The number of para-hydroxylation sites is 1. The van der Waals surface area contributed by atoms with E-state index in [2.05, 4.69) is 16.0 Å². The Morgan fingerprint density at radius 3 is 2.40 bits per heavy atom. The third kappa shape index (κ3) is 5.48. The molecule has 7 nitrogen and oxygen atoms in total. The zero-order valence-electron chi connectivity index (χ0n) is 14.7. The molecule has 2 rings (SSSR count). The summed E-state index contributed by atoms with van der Waals surface area (Å²) in [7, 11) is 0. The van der Waals surface area contributed by atoms with Crippen molar-refractivity contribution in [1.29, 1.82) is 0 Å². The number of piperidine rings is 1. The average Bonchev–Trinajstić information content (AvgIpc) is 2.62. The van der Waals surface area contributed by atoms with Crippen molar-refractivity contribution in [3.05, 3.63) is 30.3 Å². The maximum atomic E-state index is 12.3. The quantitative estimate of drug-likeness (QED) is 0.756. The molecule has 0 saturated carbocycles. The van der Waals surface area contributed by atoms with E-state index >= 15 is 0 Å². The fourth-order valence-corrected chi connectivity index (χ4v) is 2.79. The molecule has 0 aliphatic carbocycles. The van der Waals surface area contributed by atoms with Crippen molar-refractivity contribution >= 4 is 23.5 Å². The molecule has 0 radical (unpaired) electrons. The van der Waals surface area contributed by atoms with Crippen molar-refractivity contribution in [1.82, 2.24) is 15.5 Å². The van der Waals surface area contributed by atoms with Crippen LogP contribution in [0.2, 0.25) is 0 Å². The number of urea groups is 1. The van der Waals surface area contributed by atoms with E-state index < -0.39 is 6.04 Å². The molecule has 1 aromatic carbocycles. The Morgan fingerprint density at radius 1 is 1.16 bits per heavy atom. The highest BCUT2D eigenvalue weighted by Gasteiger charge is 2.28. The van der Waals surface area contributed by atoms with Gasteiger partial charge in [-0.2, -0.15) is 0 Å². The van der Waals surface area contributed by atoms with Gasteiger partial charge in [-0.1, -0.05) is 18.2 Å². The molecular formula is C18H26N4O3. The van der Waals surface area contributed by atoms with Gasteiger partial charge in [-0.15, -0.1) is 0 Å². The number of carbonyl (C=O) groups excluding carboxylic acids is 3. The normalized spacial score (nSPS) is 16.0. The maximum absolute atomic E-state index is 12.3. The molecule has 25 heavy (non-hydrogen) atoms. The monoisotopic (exact) mass is 346 g/mol. The number of rotatable bonds is 5. The first-order chi connectivity index (χ1) is 12.0. The summed E-state index contributed by atoms with van der Waals surface area (Å²) in [6.45, 7) is 5.08. The topological polar surface area (TPSA) is 90.5 Å². The highest BCUT2D eigenvalue weighted by molar-refractivity contribution is 5.90. The van der Waals surface area contributed by atoms with Crippen LogP contribution >= 0.6 is 0 Å². The van der Waals surface area contributed by atoms with E-state index in [1.54, 1.807) is 11.8 Å². The molecule has 1 atom stereocenters. The molecule has 1 heterocycles. The number of hydrogen-bond acceptors (Lipinski definition) is 3. The molecule has 1 aliphatic heterocycles. The Balaban J connectivity index is 1.77. The largest absolute Gasteiger partial charge is 0.355 e. The second-order valence-electron chi connectivity index (χ2n) is 6.18. The Morgan fingerprint density at radius 2 is 1.80 bits per heavy atom. The highest BCUT2D eigenvalue weighted by atomic mass is 16.2. The molecule has 7 heteroatoms. The van der Waals surface area contributed by atoms with E-state index in [0.29, 0.717) is 32.5 Å². The van der Waals surface area contributed by atoms with Crippen LogP contribution in [-0.4, -0.2) is 48.4 Å². The molecule has 0 aromatic heterocycles. The van der Waals surface area contributed by atoms with Crippen LogP contribution in [0.3, 0.4) is 0 Å². The van der Waals surface area contributed by atoms with E-state index in [-0.39, 0.29) is 23.8 Å². The number of likely N-dealkylation sites (tertiary alicyclic amines) is 1. The molecule has 4 amide bonds. The highest BCUT2D eigenvalue weighted by Crippen LogP contribution is 2.18. The van der Waals surface area contributed by atoms with E-state index in [1.807, 2.05) is 37.3 Å². The summed E-state index contributed by atoms with van der Waals surface area (Å²) in [4.78, 5) is 37.9. The number of hydrogen-bond donors (Lipinski definition) is 3. The van der Waals surface area contributed by atoms with Crippen LogP contribution in [0.5, 0.6) is 0 Å². The molecule has 1 fully saturated rings. The molecule has 1 unspecified atom stereocenters. The van der Waals surface area contributed by atoms with Crippen LogP contribution in [-0.2, 0) is 9.59 Å². The lowest BCUT2D eigenvalue weighted by Crippen LogP contribution is -2.49. The van der Waals surface area contributed by atoms with Crippen LogP contribution in [0.1, 0.15) is 26.7 Å². The molecule has 1 aliphatic rings. The number of amides is 4. The van der Waals surface area contributed by atoms with Gasteiger partial charge in [-0.3, -0.25) is 9.59 Å². The van der Waals surface area contributed by atoms with Gasteiger partial charge in [0, 0.05) is 31.2 Å². The van der Waals surface area contributed by atoms with Gasteiger partial charge in [0.05, 0.1) is 0 Å². The maximum Gasteiger partial charge on any atom is 0.321 e. The Hall–Kier alpha value is -2.57. The van der Waals surface area contributed by atoms with Gasteiger partial charge in [0.15, 0.2) is 0 Å². The summed E-state index contributed by atoms with van der Waals surface area (Å²) in [6, 6.07) is 8.58. The van der Waals surface area contributed by atoms with Gasteiger partial charge in [0.2, 0.25) is 11.8 Å².